The Labute approximate surface area is 225 Å². The number of likely N-dealkylation sites (tertiary alicyclic amines) is 1. The topological polar surface area (TPSA) is 64.7 Å². The van der Waals surface area contributed by atoms with Crippen molar-refractivity contribution in [3.63, 3.8) is 0 Å². The van der Waals surface area contributed by atoms with Crippen molar-refractivity contribution in [3.05, 3.63) is 35.9 Å². The minimum absolute atomic E-state index is 0. The van der Waals surface area contributed by atoms with Gasteiger partial charge >= 0.3 is 0 Å². The third-order valence-electron chi connectivity index (χ3n) is 7.40. The summed E-state index contributed by atoms with van der Waals surface area (Å²) in [6.45, 7) is 2.80. The third-order valence-corrected chi connectivity index (χ3v) is 9.62. The lowest BCUT2D eigenvalue weighted by atomic mass is 9.91. The summed E-state index contributed by atoms with van der Waals surface area (Å²) in [6.07, 6.45) is 7.61. The highest BCUT2D eigenvalue weighted by Crippen LogP contribution is 2.27. The van der Waals surface area contributed by atoms with E-state index in [9.17, 15) is 9.59 Å². The molecule has 6 nitrogen and oxygen atoms in total. The minimum Gasteiger partial charge on any atom is -0.342 e. The van der Waals surface area contributed by atoms with Crippen LogP contribution in [0.2, 0.25) is 0 Å². The molecule has 1 saturated carbocycles. The number of carbonyl (C=O) groups excluding carboxylic acids is 2. The molecule has 1 aliphatic carbocycles. The standard InChI is InChI=1S/C26H40N4O2S2.ClH/c1-29(22-12-13-30(15-22)14-20-8-4-2-5-9-20)26(32)24(28-25(31)23-17-34-19-27-23)18-33-16-21-10-6-3-7-11-21;/h2,4-5,8-9,21-24,27H,3,6-7,10-19H2,1H3,(H,28,31);1H/t22?,23-,24-;/m0./s1. The molecule has 4 rings (SSSR count). The average Bonchev–Trinajstić information content (AvgIpc) is 3.57. The lowest BCUT2D eigenvalue weighted by Crippen LogP contribution is -2.55. The number of hydrogen-bond donors (Lipinski definition) is 2. The van der Waals surface area contributed by atoms with Crippen molar-refractivity contribution in [2.75, 3.05) is 43.3 Å². The van der Waals surface area contributed by atoms with Crippen molar-refractivity contribution >= 4 is 47.7 Å². The van der Waals surface area contributed by atoms with Crippen LogP contribution in [0.15, 0.2) is 30.3 Å². The second-order valence-corrected chi connectivity index (χ2v) is 12.1. The fourth-order valence-electron chi connectivity index (χ4n) is 5.26. The van der Waals surface area contributed by atoms with Gasteiger partial charge in [-0.1, -0.05) is 49.6 Å². The first-order valence-corrected chi connectivity index (χ1v) is 15.1. The molecular formula is C26H41ClN4O2S2. The smallest absolute Gasteiger partial charge is 0.246 e. The second-order valence-electron chi connectivity index (χ2n) is 9.99. The van der Waals surface area contributed by atoms with Crippen LogP contribution in [0.5, 0.6) is 0 Å². The van der Waals surface area contributed by atoms with Crippen molar-refractivity contribution in [2.24, 2.45) is 5.92 Å². The normalized spacial score (nSPS) is 24.0. The summed E-state index contributed by atoms with van der Waals surface area (Å²) in [7, 11) is 1.92. The maximum atomic E-state index is 13.6. The van der Waals surface area contributed by atoms with E-state index in [1.54, 1.807) is 11.8 Å². The maximum absolute atomic E-state index is 13.6. The van der Waals surface area contributed by atoms with Gasteiger partial charge in [0.05, 0.1) is 6.04 Å². The first kappa shape index (κ1) is 28.6. The zero-order valence-electron chi connectivity index (χ0n) is 20.8. The molecule has 2 heterocycles. The number of nitrogens with one attached hydrogen (secondary N) is 2. The molecule has 2 saturated heterocycles. The summed E-state index contributed by atoms with van der Waals surface area (Å²) in [5.41, 5.74) is 1.31. The molecule has 1 aromatic rings. The average molecular weight is 541 g/mol. The van der Waals surface area contributed by atoms with Gasteiger partial charge in [-0.3, -0.25) is 19.8 Å². The maximum Gasteiger partial charge on any atom is 0.246 e. The molecular weight excluding hydrogens is 500 g/mol. The van der Waals surface area contributed by atoms with E-state index in [0.29, 0.717) is 5.75 Å². The van der Waals surface area contributed by atoms with Crippen molar-refractivity contribution in [2.45, 2.75) is 63.2 Å². The van der Waals surface area contributed by atoms with Crippen LogP contribution >= 0.6 is 35.9 Å². The van der Waals surface area contributed by atoms with E-state index < -0.39 is 6.04 Å². The molecule has 2 N–H and O–H groups in total. The molecule has 2 amide bonds. The summed E-state index contributed by atoms with van der Waals surface area (Å²) < 4.78 is 0. The van der Waals surface area contributed by atoms with Crippen LogP contribution in [0.1, 0.15) is 44.1 Å². The summed E-state index contributed by atoms with van der Waals surface area (Å²) in [5, 5.41) is 6.35. The van der Waals surface area contributed by atoms with Crippen LogP contribution in [-0.2, 0) is 16.1 Å². The minimum atomic E-state index is -0.457. The zero-order chi connectivity index (χ0) is 23.8. The molecule has 0 aromatic heterocycles. The highest BCUT2D eigenvalue weighted by molar-refractivity contribution is 7.99. The summed E-state index contributed by atoms with van der Waals surface area (Å²) >= 11 is 3.58. The monoisotopic (exact) mass is 540 g/mol. The molecule has 3 aliphatic rings. The van der Waals surface area contributed by atoms with Gasteiger partial charge in [-0.05, 0) is 36.5 Å². The van der Waals surface area contributed by atoms with Gasteiger partial charge in [0.25, 0.3) is 0 Å². The molecule has 0 bridgehead atoms. The van der Waals surface area contributed by atoms with Crippen molar-refractivity contribution in [1.29, 1.82) is 0 Å². The third kappa shape index (κ3) is 8.56. The Balaban J connectivity index is 0.00000342. The Bertz CT molecular complexity index is 791. The van der Waals surface area contributed by atoms with Gasteiger partial charge in [-0.2, -0.15) is 11.8 Å². The molecule has 196 valence electrons. The molecule has 35 heavy (non-hydrogen) atoms. The molecule has 1 aromatic carbocycles. The fourth-order valence-corrected chi connectivity index (χ4v) is 7.46. The van der Waals surface area contributed by atoms with Crippen LogP contribution < -0.4 is 10.6 Å². The molecule has 3 fully saturated rings. The quantitative estimate of drug-likeness (QED) is 0.473. The van der Waals surface area contributed by atoms with Gasteiger partial charge in [0.1, 0.15) is 6.04 Å². The van der Waals surface area contributed by atoms with E-state index in [1.807, 2.05) is 29.8 Å². The van der Waals surface area contributed by atoms with E-state index in [4.69, 9.17) is 0 Å². The Hall–Kier alpha value is -0.930. The van der Waals surface area contributed by atoms with Crippen LogP contribution in [-0.4, -0.2) is 83.0 Å². The van der Waals surface area contributed by atoms with Crippen LogP contribution in [0.4, 0.5) is 0 Å². The summed E-state index contributed by atoms with van der Waals surface area (Å²) in [5.74, 6) is 4.10. The lowest BCUT2D eigenvalue weighted by Gasteiger charge is -2.30. The van der Waals surface area contributed by atoms with Crippen molar-refractivity contribution < 1.29 is 9.59 Å². The van der Waals surface area contributed by atoms with Gasteiger partial charge < -0.3 is 10.2 Å². The van der Waals surface area contributed by atoms with Crippen molar-refractivity contribution in [3.8, 4) is 0 Å². The van der Waals surface area contributed by atoms with Crippen LogP contribution in [0.3, 0.4) is 0 Å². The van der Waals surface area contributed by atoms with Crippen LogP contribution in [0.25, 0.3) is 0 Å². The molecule has 1 unspecified atom stereocenters. The molecule has 9 heteroatoms. The number of benzene rings is 1. The number of halogens is 1. The number of amides is 2. The first-order valence-electron chi connectivity index (χ1n) is 12.8. The van der Waals surface area contributed by atoms with Gasteiger partial charge in [-0.15, -0.1) is 24.2 Å². The highest BCUT2D eigenvalue weighted by atomic mass is 35.5. The molecule has 0 radical (unpaired) electrons. The van der Waals surface area contributed by atoms with Gasteiger partial charge in [0.15, 0.2) is 0 Å². The van der Waals surface area contributed by atoms with Gasteiger partial charge in [0.2, 0.25) is 11.8 Å². The first-order chi connectivity index (χ1) is 16.6. The second kappa shape index (κ2) is 14.7. The summed E-state index contributed by atoms with van der Waals surface area (Å²) in [4.78, 5) is 30.8. The van der Waals surface area contributed by atoms with Crippen LogP contribution in [0, 0.1) is 5.92 Å². The zero-order valence-corrected chi connectivity index (χ0v) is 23.3. The Morgan fingerprint density at radius 2 is 1.97 bits per heavy atom. The highest BCUT2D eigenvalue weighted by Gasteiger charge is 2.34. The molecule has 0 spiro atoms. The number of carbonyl (C=O) groups is 2. The van der Waals surface area contributed by atoms with Crippen molar-refractivity contribution in [1.82, 2.24) is 20.4 Å². The van der Waals surface area contributed by atoms with E-state index in [0.717, 1.165) is 49.4 Å². The lowest BCUT2D eigenvalue weighted by molar-refractivity contribution is -0.136. The largest absolute Gasteiger partial charge is 0.342 e. The number of likely N-dealkylation sites (N-methyl/N-ethyl adjacent to an activating group) is 1. The van der Waals surface area contributed by atoms with E-state index in [-0.39, 0.29) is 36.3 Å². The van der Waals surface area contributed by atoms with E-state index >= 15 is 0 Å². The summed E-state index contributed by atoms with van der Waals surface area (Å²) in [6, 6.07) is 10.1. The Morgan fingerprint density at radius 1 is 1.20 bits per heavy atom. The SMILES string of the molecule is CN(C(=O)[C@H](CSCC1CCCCC1)NC(=O)[C@@H]1CSCN1)C1CCN(Cc2ccccc2)C1.Cl. The number of rotatable bonds is 10. The Kier molecular flexibility index (Phi) is 12.0. The molecule has 3 atom stereocenters. The number of hydrogen-bond acceptors (Lipinski definition) is 6. The number of thioether (sulfide) groups is 2. The van der Waals surface area contributed by atoms with E-state index in [1.165, 1.54) is 37.7 Å². The van der Waals surface area contributed by atoms with Gasteiger partial charge in [0, 0.05) is 50.1 Å². The van der Waals surface area contributed by atoms with Gasteiger partial charge in [-0.25, -0.2) is 0 Å². The Morgan fingerprint density at radius 3 is 2.69 bits per heavy atom. The predicted molar refractivity (Wildman–Crippen MR) is 150 cm³/mol. The number of nitrogens with zero attached hydrogens (tertiary/aromatic N) is 2. The van der Waals surface area contributed by atoms with E-state index in [2.05, 4.69) is 39.8 Å². The molecule has 2 aliphatic heterocycles. The predicted octanol–water partition coefficient (Wildman–Crippen LogP) is 3.60. The fraction of sp³-hybridized carbons (Fsp3) is 0.692.